The van der Waals surface area contributed by atoms with Gasteiger partial charge in [0.05, 0.1) is 45.1 Å². The highest BCUT2D eigenvalue weighted by Gasteiger charge is 2.42. The van der Waals surface area contributed by atoms with Crippen molar-refractivity contribution in [2.24, 2.45) is 0 Å². The number of hydrogen-bond acceptors (Lipinski definition) is 14. The predicted octanol–water partition coefficient (Wildman–Crippen LogP) is 5.24. The quantitative estimate of drug-likeness (QED) is 0.0217. The first-order chi connectivity index (χ1) is 33.1. The van der Waals surface area contributed by atoms with Crippen molar-refractivity contribution in [2.75, 3.05) is 87.6 Å². The number of aryl methyl sites for hydroxylation is 1. The third kappa shape index (κ3) is 20.5. The van der Waals surface area contributed by atoms with Crippen molar-refractivity contribution in [2.45, 2.75) is 88.5 Å². The van der Waals surface area contributed by atoms with Gasteiger partial charge in [-0.1, -0.05) is 25.1 Å². The summed E-state index contributed by atoms with van der Waals surface area (Å²) in [7, 11) is 0. The average molecular weight is 961 g/mol. The van der Waals surface area contributed by atoms with Gasteiger partial charge < -0.3 is 61.5 Å². The summed E-state index contributed by atoms with van der Waals surface area (Å²) in [6.45, 7) is 10.2. The molecule has 2 aliphatic heterocycles. The fraction of sp³-hybridized carbons (Fsp3) is 0.521. The van der Waals surface area contributed by atoms with Crippen LogP contribution in [-0.2, 0) is 33.4 Å². The first kappa shape index (κ1) is 53.0. The Morgan fingerprint density at radius 2 is 1.34 bits per heavy atom. The molecular formula is C48H68N10O9S. The largest absolute Gasteiger partial charge is 0.493 e. The Hall–Kier alpha value is -5.96. The fourth-order valence-corrected chi connectivity index (χ4v) is 8.75. The second-order valence-corrected chi connectivity index (χ2v) is 17.6. The monoisotopic (exact) mass is 960 g/mol. The van der Waals surface area contributed by atoms with Crippen LogP contribution in [0.1, 0.15) is 69.8 Å². The zero-order chi connectivity index (χ0) is 48.2. The van der Waals surface area contributed by atoms with E-state index in [4.69, 9.17) is 18.9 Å². The Morgan fingerprint density at radius 3 is 2.01 bits per heavy atom. The highest BCUT2D eigenvalue weighted by molar-refractivity contribution is 8.00. The van der Waals surface area contributed by atoms with E-state index in [0.717, 1.165) is 48.4 Å². The van der Waals surface area contributed by atoms with Crippen LogP contribution >= 0.6 is 11.8 Å². The molecule has 2 aromatic carbocycles. The van der Waals surface area contributed by atoms with E-state index >= 15 is 0 Å². The van der Waals surface area contributed by atoms with Gasteiger partial charge in [0.2, 0.25) is 29.6 Å². The Labute approximate surface area is 403 Å². The van der Waals surface area contributed by atoms with Crippen molar-refractivity contribution in [3.63, 3.8) is 0 Å². The number of carbonyl (C=O) groups is 5. The summed E-state index contributed by atoms with van der Waals surface area (Å²) >= 11 is 1.90. The summed E-state index contributed by atoms with van der Waals surface area (Å²) in [6.07, 6.45) is 9.26. The van der Waals surface area contributed by atoms with Gasteiger partial charge in [0.15, 0.2) is 0 Å². The van der Waals surface area contributed by atoms with Crippen molar-refractivity contribution < 1.29 is 42.9 Å². The first-order valence-electron chi connectivity index (χ1n) is 23.5. The Balaban J connectivity index is 0.775. The molecule has 0 aliphatic carbocycles. The topological polar surface area (TPSA) is 244 Å². The van der Waals surface area contributed by atoms with Crippen LogP contribution in [0.2, 0.25) is 0 Å². The molecule has 5 rings (SSSR count). The van der Waals surface area contributed by atoms with Gasteiger partial charge in [0.25, 0.3) is 0 Å². The maximum atomic E-state index is 12.3. The first-order valence-corrected chi connectivity index (χ1v) is 24.6. The Kier molecular flexibility index (Phi) is 23.7. The number of anilines is 5. The molecule has 6 amide bonds. The molecule has 370 valence electrons. The van der Waals surface area contributed by atoms with Gasteiger partial charge in [-0.2, -0.15) is 16.7 Å². The summed E-state index contributed by atoms with van der Waals surface area (Å²) in [6, 6.07) is 15.1. The van der Waals surface area contributed by atoms with Crippen molar-refractivity contribution in [3.8, 4) is 5.75 Å². The maximum Gasteiger partial charge on any atom is 0.315 e. The zero-order valence-corrected chi connectivity index (χ0v) is 39.9. The number of ether oxygens (including phenoxy) is 4. The van der Waals surface area contributed by atoms with E-state index < -0.39 is 0 Å². The molecule has 3 aromatic rings. The zero-order valence-electron chi connectivity index (χ0n) is 39.0. The van der Waals surface area contributed by atoms with Crippen LogP contribution in [0.5, 0.6) is 5.75 Å². The number of benzene rings is 2. The minimum atomic E-state index is -0.296. The molecule has 1 aromatic heterocycles. The lowest BCUT2D eigenvalue weighted by Crippen LogP contribution is -2.36. The highest BCUT2D eigenvalue weighted by atomic mass is 32.2. The molecule has 0 bridgehead atoms. The van der Waals surface area contributed by atoms with Gasteiger partial charge in [-0.05, 0) is 81.9 Å². The van der Waals surface area contributed by atoms with Gasteiger partial charge >= 0.3 is 6.03 Å². The lowest BCUT2D eigenvalue weighted by Gasteiger charge is -2.16. The molecular weight excluding hydrogens is 893 g/mol. The summed E-state index contributed by atoms with van der Waals surface area (Å²) in [5, 5.41) is 24.3. The number of thioether (sulfide) groups is 1. The van der Waals surface area contributed by atoms with Crippen LogP contribution in [0.3, 0.4) is 0 Å². The van der Waals surface area contributed by atoms with Crippen molar-refractivity contribution >= 4 is 70.3 Å². The summed E-state index contributed by atoms with van der Waals surface area (Å²) in [4.78, 5) is 68.9. The number of amides is 6. The molecule has 0 radical (unpaired) electrons. The number of fused-ring (bicyclic) bond motifs is 1. The normalized spacial score (nSPS) is 15.9. The number of urea groups is 1. The fourth-order valence-electron chi connectivity index (χ4n) is 7.21. The standard InChI is InChI=1S/C48H68N10O9S/c1-3-41(59)53-35-12-6-13-36(30-35)54-46-34(2)32-52-47(58-46)55-37-14-7-15-38(31-37)67-25-11-22-51-44(62)19-8-18-43(61)50-21-10-24-65-27-29-66-28-26-64-23-9-20-49-42(60)17-5-4-16-40-45-39(33-68-40)56-48(63)57-45/h3,6-7,12-15,30-32,39-40,45H,1,4-5,8-11,16-29,33H2,2H3,(H,49,60)(H,50,61)(H,51,62)(H,53,59)(H2,56,57,63)(H2,52,54,55,58)/t39-,40-,45-/m1/s1. The van der Waals surface area contributed by atoms with Crippen LogP contribution in [-0.4, -0.2) is 129 Å². The third-order valence-electron chi connectivity index (χ3n) is 10.8. The average Bonchev–Trinajstić information content (AvgIpc) is 3.89. The number of rotatable bonds is 34. The highest BCUT2D eigenvalue weighted by Crippen LogP contribution is 2.33. The summed E-state index contributed by atoms with van der Waals surface area (Å²) in [5.41, 5.74) is 2.94. The molecule has 19 nitrogen and oxygen atoms in total. The smallest absolute Gasteiger partial charge is 0.315 e. The van der Waals surface area contributed by atoms with Crippen molar-refractivity contribution in [1.82, 2.24) is 36.6 Å². The second-order valence-electron chi connectivity index (χ2n) is 16.3. The van der Waals surface area contributed by atoms with Gasteiger partial charge in [0, 0.05) is 98.0 Å². The Morgan fingerprint density at radius 1 is 0.735 bits per heavy atom. The van der Waals surface area contributed by atoms with Crippen LogP contribution < -0.4 is 47.3 Å². The SMILES string of the molecule is C=CC(=O)Nc1cccc(Nc2nc(Nc3cccc(OCCCNC(=O)CCCC(=O)NCCCOCCOCCOCCCNC(=O)CCCC[C@H]4SC[C@H]5NC(=O)N[C@H]54)c3)ncc2C)c1. The molecule has 20 heteroatoms. The lowest BCUT2D eigenvalue weighted by atomic mass is 10.0. The predicted molar refractivity (Wildman–Crippen MR) is 264 cm³/mol. The molecule has 68 heavy (non-hydrogen) atoms. The van der Waals surface area contributed by atoms with Gasteiger partial charge in [-0.3, -0.25) is 19.2 Å². The molecule has 2 saturated heterocycles. The van der Waals surface area contributed by atoms with E-state index in [1.54, 1.807) is 18.3 Å². The van der Waals surface area contributed by atoms with Crippen molar-refractivity contribution in [3.05, 3.63) is 72.9 Å². The number of carbonyl (C=O) groups excluding carboxylic acids is 5. The summed E-state index contributed by atoms with van der Waals surface area (Å²) in [5.74, 6) is 2.16. The van der Waals surface area contributed by atoms with E-state index in [0.29, 0.717) is 120 Å². The van der Waals surface area contributed by atoms with Crippen LogP contribution in [0.4, 0.5) is 33.6 Å². The lowest BCUT2D eigenvalue weighted by molar-refractivity contribution is -0.123. The minimum absolute atomic E-state index is 0.0618. The maximum absolute atomic E-state index is 12.3. The molecule has 2 aliphatic rings. The second kappa shape index (κ2) is 30.4. The van der Waals surface area contributed by atoms with E-state index in [-0.39, 0.29) is 54.6 Å². The molecule has 0 unspecified atom stereocenters. The molecule has 0 saturated carbocycles. The van der Waals surface area contributed by atoms with E-state index in [1.165, 1.54) is 6.08 Å². The number of nitrogens with zero attached hydrogens (tertiary/aromatic N) is 2. The molecule has 2 fully saturated rings. The van der Waals surface area contributed by atoms with E-state index in [1.807, 2.05) is 55.1 Å². The molecule has 3 heterocycles. The number of nitrogens with one attached hydrogen (secondary N) is 8. The van der Waals surface area contributed by atoms with Gasteiger partial charge in [0.1, 0.15) is 11.6 Å². The molecule has 8 N–H and O–H groups in total. The van der Waals surface area contributed by atoms with Crippen molar-refractivity contribution in [1.29, 1.82) is 0 Å². The van der Waals surface area contributed by atoms with Crippen LogP contribution in [0.15, 0.2) is 67.4 Å². The summed E-state index contributed by atoms with van der Waals surface area (Å²) < 4.78 is 22.6. The molecule has 0 spiro atoms. The number of aromatic nitrogens is 2. The third-order valence-corrected chi connectivity index (χ3v) is 12.3. The van der Waals surface area contributed by atoms with Crippen LogP contribution in [0, 0.1) is 6.92 Å². The van der Waals surface area contributed by atoms with Gasteiger partial charge in [-0.25, -0.2) is 9.78 Å². The molecule has 3 atom stereocenters. The van der Waals surface area contributed by atoms with Crippen LogP contribution in [0.25, 0.3) is 0 Å². The minimum Gasteiger partial charge on any atom is -0.493 e. The van der Waals surface area contributed by atoms with E-state index in [9.17, 15) is 24.0 Å². The van der Waals surface area contributed by atoms with Gasteiger partial charge in [-0.15, -0.1) is 0 Å². The Bertz CT molecular complexity index is 2080. The number of unbranched alkanes of at least 4 members (excludes halogenated alkanes) is 1. The number of hydrogen-bond donors (Lipinski definition) is 8. The van der Waals surface area contributed by atoms with E-state index in [2.05, 4.69) is 59.1 Å².